The zero-order chi connectivity index (χ0) is 12.5. The maximum absolute atomic E-state index is 11.7. The van der Waals surface area contributed by atoms with Gasteiger partial charge in [0.2, 0.25) is 0 Å². The number of urea groups is 1. The lowest BCUT2D eigenvalue weighted by molar-refractivity contribution is 0.219. The van der Waals surface area contributed by atoms with Gasteiger partial charge in [-0.2, -0.15) is 0 Å². The van der Waals surface area contributed by atoms with Crippen molar-refractivity contribution in [2.45, 2.75) is 13.0 Å². The molecule has 0 aliphatic carbocycles. The van der Waals surface area contributed by atoms with Crippen LogP contribution in [0.5, 0.6) is 0 Å². The zero-order valence-electron chi connectivity index (χ0n) is 10.4. The van der Waals surface area contributed by atoms with E-state index in [-0.39, 0.29) is 12.1 Å². The van der Waals surface area contributed by atoms with E-state index in [1.54, 1.807) is 0 Å². The SMILES string of the molecule is CCN1CC(c2ccc3ccccc3c2)NC1=O. The Hall–Kier alpha value is -2.03. The van der Waals surface area contributed by atoms with Crippen LogP contribution in [0.25, 0.3) is 10.8 Å². The first-order valence-corrected chi connectivity index (χ1v) is 6.32. The first kappa shape index (κ1) is 11.1. The molecule has 2 amide bonds. The molecular formula is C15H16N2O. The van der Waals surface area contributed by atoms with Gasteiger partial charge >= 0.3 is 6.03 Å². The molecule has 3 heteroatoms. The standard InChI is InChI=1S/C15H16N2O/c1-2-17-10-14(16-15(17)18)13-8-7-11-5-3-4-6-12(11)9-13/h3-9,14H,2,10H2,1H3,(H,16,18). The lowest BCUT2D eigenvalue weighted by atomic mass is 10.0. The first-order valence-electron chi connectivity index (χ1n) is 6.32. The Bertz CT molecular complexity index is 594. The third kappa shape index (κ3) is 1.82. The van der Waals surface area contributed by atoms with Gasteiger partial charge in [0.25, 0.3) is 0 Å². The molecule has 1 aliphatic rings. The topological polar surface area (TPSA) is 32.3 Å². The lowest BCUT2D eigenvalue weighted by Crippen LogP contribution is -2.27. The summed E-state index contributed by atoms with van der Waals surface area (Å²) in [5.41, 5.74) is 1.18. The summed E-state index contributed by atoms with van der Waals surface area (Å²) in [6.07, 6.45) is 0. The average molecular weight is 240 g/mol. The monoisotopic (exact) mass is 240 g/mol. The van der Waals surface area contributed by atoms with Gasteiger partial charge in [0.15, 0.2) is 0 Å². The molecule has 0 saturated carbocycles. The quantitative estimate of drug-likeness (QED) is 0.860. The Morgan fingerprint density at radius 3 is 2.72 bits per heavy atom. The van der Waals surface area contributed by atoms with E-state index in [2.05, 4.69) is 35.6 Å². The Labute approximate surface area is 106 Å². The maximum atomic E-state index is 11.7. The van der Waals surface area contributed by atoms with E-state index in [1.807, 2.05) is 24.0 Å². The molecule has 0 radical (unpaired) electrons. The molecule has 92 valence electrons. The van der Waals surface area contributed by atoms with Gasteiger partial charge in [0.05, 0.1) is 6.04 Å². The van der Waals surface area contributed by atoms with Crippen molar-refractivity contribution in [2.75, 3.05) is 13.1 Å². The summed E-state index contributed by atoms with van der Waals surface area (Å²) in [6.45, 7) is 3.52. The highest BCUT2D eigenvalue weighted by Crippen LogP contribution is 2.24. The van der Waals surface area contributed by atoms with Crippen molar-refractivity contribution in [3.63, 3.8) is 0 Å². The third-order valence-electron chi connectivity index (χ3n) is 3.55. The molecule has 1 fully saturated rings. The number of hydrogen-bond donors (Lipinski definition) is 1. The van der Waals surface area contributed by atoms with Crippen LogP contribution in [0.1, 0.15) is 18.5 Å². The summed E-state index contributed by atoms with van der Waals surface area (Å²) in [6, 6.07) is 14.8. The van der Waals surface area contributed by atoms with Gasteiger partial charge in [0, 0.05) is 13.1 Å². The van der Waals surface area contributed by atoms with Gasteiger partial charge in [-0.3, -0.25) is 0 Å². The molecule has 0 aromatic heterocycles. The van der Waals surface area contributed by atoms with E-state index in [4.69, 9.17) is 0 Å². The summed E-state index contributed by atoms with van der Waals surface area (Å²) in [4.78, 5) is 13.5. The van der Waals surface area contributed by atoms with Crippen LogP contribution in [-0.4, -0.2) is 24.0 Å². The van der Waals surface area contributed by atoms with Crippen molar-refractivity contribution >= 4 is 16.8 Å². The van der Waals surface area contributed by atoms with E-state index in [9.17, 15) is 4.79 Å². The number of benzene rings is 2. The van der Waals surface area contributed by atoms with Gasteiger partial charge in [0.1, 0.15) is 0 Å². The normalized spacial score (nSPS) is 19.3. The molecule has 0 bridgehead atoms. The van der Waals surface area contributed by atoms with Crippen molar-refractivity contribution in [3.8, 4) is 0 Å². The van der Waals surface area contributed by atoms with Crippen LogP contribution in [0.3, 0.4) is 0 Å². The molecule has 1 unspecified atom stereocenters. The molecule has 3 nitrogen and oxygen atoms in total. The van der Waals surface area contributed by atoms with Crippen molar-refractivity contribution < 1.29 is 4.79 Å². The second-order valence-corrected chi connectivity index (χ2v) is 4.65. The second kappa shape index (κ2) is 4.33. The third-order valence-corrected chi connectivity index (χ3v) is 3.55. The number of carbonyl (C=O) groups excluding carboxylic acids is 1. The lowest BCUT2D eigenvalue weighted by Gasteiger charge is -2.12. The fourth-order valence-corrected chi connectivity index (χ4v) is 2.48. The van der Waals surface area contributed by atoms with Gasteiger partial charge in [-0.1, -0.05) is 36.4 Å². The smallest absolute Gasteiger partial charge is 0.318 e. The van der Waals surface area contributed by atoms with Gasteiger partial charge in [-0.25, -0.2) is 4.79 Å². The van der Waals surface area contributed by atoms with Crippen LogP contribution < -0.4 is 5.32 Å². The highest BCUT2D eigenvalue weighted by atomic mass is 16.2. The van der Waals surface area contributed by atoms with Crippen molar-refractivity contribution in [3.05, 3.63) is 48.0 Å². The largest absolute Gasteiger partial charge is 0.329 e. The van der Waals surface area contributed by atoms with Gasteiger partial charge in [-0.15, -0.1) is 0 Å². The van der Waals surface area contributed by atoms with Crippen LogP contribution in [0, 0.1) is 0 Å². The molecule has 3 rings (SSSR count). The molecule has 2 aromatic carbocycles. The zero-order valence-corrected chi connectivity index (χ0v) is 10.4. The number of amides is 2. The Kier molecular flexibility index (Phi) is 2.67. The van der Waals surface area contributed by atoms with Crippen molar-refractivity contribution in [2.24, 2.45) is 0 Å². The number of rotatable bonds is 2. The molecular weight excluding hydrogens is 224 g/mol. The molecule has 1 saturated heterocycles. The fourth-order valence-electron chi connectivity index (χ4n) is 2.48. The van der Waals surface area contributed by atoms with E-state index >= 15 is 0 Å². The minimum Gasteiger partial charge on any atom is -0.329 e. The van der Waals surface area contributed by atoms with Crippen molar-refractivity contribution in [1.82, 2.24) is 10.2 Å². The molecule has 2 aromatic rings. The fraction of sp³-hybridized carbons (Fsp3) is 0.267. The highest BCUT2D eigenvalue weighted by molar-refractivity contribution is 5.84. The molecule has 1 aliphatic heterocycles. The van der Waals surface area contributed by atoms with E-state index in [0.29, 0.717) is 0 Å². The van der Waals surface area contributed by atoms with Crippen molar-refractivity contribution in [1.29, 1.82) is 0 Å². The molecule has 1 N–H and O–H groups in total. The Morgan fingerprint density at radius 2 is 2.00 bits per heavy atom. The highest BCUT2D eigenvalue weighted by Gasteiger charge is 2.28. The van der Waals surface area contributed by atoms with Crippen LogP contribution >= 0.6 is 0 Å². The summed E-state index contributed by atoms with van der Waals surface area (Å²) in [7, 11) is 0. The van der Waals surface area contributed by atoms with Gasteiger partial charge in [-0.05, 0) is 29.3 Å². The first-order chi connectivity index (χ1) is 8.78. The van der Waals surface area contributed by atoms with E-state index in [0.717, 1.165) is 13.1 Å². The summed E-state index contributed by atoms with van der Waals surface area (Å²) in [5.74, 6) is 0. The number of likely N-dealkylation sites (N-methyl/N-ethyl adjacent to an activating group) is 1. The average Bonchev–Trinajstić information content (AvgIpc) is 2.79. The molecule has 1 atom stereocenters. The van der Waals surface area contributed by atoms with Gasteiger partial charge < -0.3 is 10.2 Å². The number of nitrogens with zero attached hydrogens (tertiary/aromatic N) is 1. The second-order valence-electron chi connectivity index (χ2n) is 4.65. The van der Waals surface area contributed by atoms with Crippen LogP contribution in [-0.2, 0) is 0 Å². The minimum absolute atomic E-state index is 0.0376. The predicted octanol–water partition coefficient (Wildman–Crippen LogP) is 2.93. The van der Waals surface area contributed by atoms with Crippen LogP contribution in [0.15, 0.2) is 42.5 Å². The Balaban J connectivity index is 1.93. The molecule has 1 heterocycles. The minimum atomic E-state index is 0.0376. The molecule has 18 heavy (non-hydrogen) atoms. The molecule has 0 spiro atoms. The van der Waals surface area contributed by atoms with E-state index < -0.39 is 0 Å². The number of hydrogen-bond acceptors (Lipinski definition) is 1. The Morgan fingerprint density at radius 1 is 1.22 bits per heavy atom. The summed E-state index contributed by atoms with van der Waals surface area (Å²) >= 11 is 0. The number of fused-ring (bicyclic) bond motifs is 1. The van der Waals surface area contributed by atoms with Crippen LogP contribution in [0.2, 0.25) is 0 Å². The summed E-state index contributed by atoms with van der Waals surface area (Å²) in [5, 5.41) is 5.48. The predicted molar refractivity (Wildman–Crippen MR) is 72.5 cm³/mol. The number of nitrogens with one attached hydrogen (secondary N) is 1. The maximum Gasteiger partial charge on any atom is 0.318 e. The van der Waals surface area contributed by atoms with E-state index in [1.165, 1.54) is 16.3 Å². The number of carbonyl (C=O) groups is 1. The van der Waals surface area contributed by atoms with Crippen LogP contribution in [0.4, 0.5) is 4.79 Å². The summed E-state index contributed by atoms with van der Waals surface area (Å²) < 4.78 is 0.